The summed E-state index contributed by atoms with van der Waals surface area (Å²) < 4.78 is 56.9. The highest BCUT2D eigenvalue weighted by molar-refractivity contribution is 5.95. The van der Waals surface area contributed by atoms with E-state index in [2.05, 4.69) is 10.3 Å². The molecule has 1 N–H and O–H groups in total. The van der Waals surface area contributed by atoms with Crippen LogP contribution in [-0.4, -0.2) is 18.6 Å². The molecule has 0 radical (unpaired) electrons. The van der Waals surface area contributed by atoms with Gasteiger partial charge in [-0.1, -0.05) is 0 Å². The lowest BCUT2D eigenvalue weighted by Gasteiger charge is -2.14. The molecule has 0 aliphatic heterocycles. The lowest BCUT2D eigenvalue weighted by molar-refractivity contribution is -0.140. The Morgan fingerprint density at radius 3 is 2.50 bits per heavy atom. The van der Waals surface area contributed by atoms with E-state index < -0.39 is 17.7 Å². The normalized spacial score (nSPS) is 11.7. The monoisotopic (exact) mass is 288 g/mol. The topological polar surface area (TPSA) is 34.2 Å². The van der Waals surface area contributed by atoms with Crippen molar-refractivity contribution in [1.82, 2.24) is 4.98 Å². The van der Waals surface area contributed by atoms with Gasteiger partial charge in [-0.15, -0.1) is 0 Å². The van der Waals surface area contributed by atoms with Gasteiger partial charge in [-0.25, -0.2) is 9.37 Å². The Morgan fingerprint density at radius 1 is 1.25 bits per heavy atom. The zero-order valence-electron chi connectivity index (χ0n) is 10.8. The average molecular weight is 288 g/mol. The molecule has 0 atom stereocenters. The second-order valence-corrected chi connectivity index (χ2v) is 4.09. The largest absolute Gasteiger partial charge is 0.494 e. The smallest absolute Gasteiger partial charge is 0.433 e. The number of benzene rings is 1. The van der Waals surface area contributed by atoms with Crippen molar-refractivity contribution in [3.8, 4) is 5.75 Å². The third-order valence-corrected chi connectivity index (χ3v) is 2.72. The van der Waals surface area contributed by atoms with Gasteiger partial charge in [0.15, 0.2) is 0 Å². The van der Waals surface area contributed by atoms with Crippen molar-refractivity contribution in [3.05, 3.63) is 29.7 Å². The van der Waals surface area contributed by atoms with Crippen molar-refractivity contribution in [3.63, 3.8) is 0 Å². The number of fused-ring (bicyclic) bond motifs is 1. The van der Waals surface area contributed by atoms with Crippen LogP contribution in [-0.2, 0) is 6.18 Å². The fourth-order valence-electron chi connectivity index (χ4n) is 1.90. The summed E-state index contributed by atoms with van der Waals surface area (Å²) in [5.74, 6) is -0.639. The van der Waals surface area contributed by atoms with Gasteiger partial charge in [-0.3, -0.25) is 0 Å². The summed E-state index contributed by atoms with van der Waals surface area (Å²) in [4.78, 5) is 3.54. The van der Waals surface area contributed by atoms with E-state index in [-0.39, 0.29) is 22.3 Å². The molecule has 0 spiro atoms. The maximum Gasteiger partial charge on any atom is 0.433 e. The van der Waals surface area contributed by atoms with Gasteiger partial charge in [0.1, 0.15) is 22.8 Å². The average Bonchev–Trinajstić information content (AvgIpc) is 2.37. The highest BCUT2D eigenvalue weighted by atomic mass is 19.4. The number of pyridine rings is 1. The number of anilines is 1. The Bertz CT molecular complexity index is 640. The molecule has 3 nitrogen and oxygen atoms in total. The van der Waals surface area contributed by atoms with E-state index in [0.29, 0.717) is 6.54 Å². The number of alkyl halides is 3. The molecule has 2 aromatic rings. The van der Waals surface area contributed by atoms with Gasteiger partial charge in [0, 0.05) is 23.7 Å². The first-order valence-electron chi connectivity index (χ1n) is 5.86. The number of aromatic nitrogens is 1. The highest BCUT2D eigenvalue weighted by Gasteiger charge is 2.33. The van der Waals surface area contributed by atoms with E-state index >= 15 is 0 Å². The number of rotatable bonds is 3. The van der Waals surface area contributed by atoms with E-state index in [4.69, 9.17) is 4.74 Å². The van der Waals surface area contributed by atoms with Crippen LogP contribution in [0.1, 0.15) is 12.6 Å². The Hall–Kier alpha value is -2.05. The van der Waals surface area contributed by atoms with Crippen LogP contribution in [0.25, 0.3) is 10.9 Å². The first kappa shape index (κ1) is 14.4. The van der Waals surface area contributed by atoms with Crippen LogP contribution in [0.5, 0.6) is 5.75 Å². The third kappa shape index (κ3) is 2.61. The zero-order valence-corrected chi connectivity index (χ0v) is 10.8. The van der Waals surface area contributed by atoms with Gasteiger partial charge in [-0.2, -0.15) is 13.2 Å². The lowest BCUT2D eigenvalue weighted by atomic mass is 10.1. The third-order valence-electron chi connectivity index (χ3n) is 2.72. The Balaban J connectivity index is 2.81. The first-order chi connectivity index (χ1) is 9.36. The van der Waals surface area contributed by atoms with Crippen molar-refractivity contribution in [1.29, 1.82) is 0 Å². The van der Waals surface area contributed by atoms with Gasteiger partial charge in [-0.05, 0) is 19.1 Å². The number of nitrogens with one attached hydrogen (secondary N) is 1. The van der Waals surface area contributed by atoms with Crippen LogP contribution in [0, 0.1) is 5.82 Å². The summed E-state index contributed by atoms with van der Waals surface area (Å²) in [6.45, 7) is 2.13. The van der Waals surface area contributed by atoms with Gasteiger partial charge < -0.3 is 10.1 Å². The molecule has 20 heavy (non-hydrogen) atoms. The minimum atomic E-state index is -4.59. The number of ether oxygens (including phenoxy) is 1. The van der Waals surface area contributed by atoms with Gasteiger partial charge >= 0.3 is 6.18 Å². The predicted octanol–water partition coefficient (Wildman–Crippen LogP) is 3.83. The second kappa shape index (κ2) is 5.15. The van der Waals surface area contributed by atoms with Gasteiger partial charge in [0.05, 0.1) is 7.11 Å². The van der Waals surface area contributed by atoms with E-state index in [1.54, 1.807) is 6.92 Å². The SMILES string of the molecule is CCNc1cc(C(F)(F)F)nc2c(OC)cc(F)cc12. The summed E-state index contributed by atoms with van der Waals surface area (Å²) >= 11 is 0. The summed E-state index contributed by atoms with van der Waals surface area (Å²) in [6, 6.07) is 3.00. The molecule has 0 saturated carbocycles. The zero-order chi connectivity index (χ0) is 14.9. The molecule has 0 bridgehead atoms. The molecule has 1 heterocycles. The van der Waals surface area contributed by atoms with Crippen molar-refractivity contribution < 1.29 is 22.3 Å². The molecular formula is C13H12F4N2O. The van der Waals surface area contributed by atoms with Crippen LogP contribution >= 0.6 is 0 Å². The summed E-state index contributed by atoms with van der Waals surface area (Å²) in [6.07, 6.45) is -4.59. The van der Waals surface area contributed by atoms with Crippen LogP contribution in [0.3, 0.4) is 0 Å². The molecule has 0 aliphatic rings. The van der Waals surface area contributed by atoms with Crippen molar-refractivity contribution >= 4 is 16.6 Å². The first-order valence-corrected chi connectivity index (χ1v) is 5.86. The van der Waals surface area contributed by atoms with E-state index in [0.717, 1.165) is 18.2 Å². The van der Waals surface area contributed by atoms with Gasteiger partial charge in [0.25, 0.3) is 0 Å². The van der Waals surface area contributed by atoms with Gasteiger partial charge in [0.2, 0.25) is 0 Å². The highest BCUT2D eigenvalue weighted by Crippen LogP contribution is 2.36. The molecule has 108 valence electrons. The summed E-state index contributed by atoms with van der Waals surface area (Å²) in [7, 11) is 1.25. The van der Waals surface area contributed by atoms with Crippen LogP contribution in [0.15, 0.2) is 18.2 Å². The fourth-order valence-corrected chi connectivity index (χ4v) is 1.90. The quantitative estimate of drug-likeness (QED) is 0.871. The van der Waals surface area contributed by atoms with Crippen molar-refractivity contribution in [2.45, 2.75) is 13.1 Å². The number of hydrogen-bond donors (Lipinski definition) is 1. The summed E-state index contributed by atoms with van der Waals surface area (Å²) in [5, 5.41) is 3.03. The Labute approximate surface area is 112 Å². The van der Waals surface area contributed by atoms with Crippen LogP contribution in [0.2, 0.25) is 0 Å². The molecule has 0 amide bonds. The maximum atomic E-state index is 13.5. The molecule has 2 rings (SSSR count). The fraction of sp³-hybridized carbons (Fsp3) is 0.308. The lowest BCUT2D eigenvalue weighted by Crippen LogP contribution is -2.10. The molecule has 7 heteroatoms. The van der Waals surface area contributed by atoms with E-state index in [1.807, 2.05) is 0 Å². The minimum absolute atomic E-state index is 0.0281. The number of halogens is 4. The molecule has 0 saturated heterocycles. The van der Waals surface area contributed by atoms with E-state index in [9.17, 15) is 17.6 Å². The van der Waals surface area contributed by atoms with Crippen molar-refractivity contribution in [2.24, 2.45) is 0 Å². The summed E-state index contributed by atoms with van der Waals surface area (Å²) in [5.41, 5.74) is -0.909. The maximum absolute atomic E-state index is 13.5. The molecule has 0 fully saturated rings. The predicted molar refractivity (Wildman–Crippen MR) is 67.4 cm³/mol. The van der Waals surface area contributed by atoms with E-state index in [1.165, 1.54) is 7.11 Å². The standard InChI is InChI=1S/C13H12F4N2O/c1-3-18-9-6-11(13(15,16)17)19-12-8(9)4-7(14)5-10(12)20-2/h4-6H,3H2,1-2H3,(H,18,19). The molecular weight excluding hydrogens is 276 g/mol. The molecule has 0 unspecified atom stereocenters. The Morgan fingerprint density at radius 2 is 1.95 bits per heavy atom. The van der Waals surface area contributed by atoms with Crippen LogP contribution in [0.4, 0.5) is 23.2 Å². The number of nitrogens with zero attached hydrogens (tertiary/aromatic N) is 1. The molecule has 0 aliphatic carbocycles. The molecule has 1 aromatic heterocycles. The Kier molecular flexibility index (Phi) is 3.69. The number of hydrogen-bond acceptors (Lipinski definition) is 3. The number of methoxy groups -OCH3 is 1. The van der Waals surface area contributed by atoms with Crippen LogP contribution < -0.4 is 10.1 Å². The minimum Gasteiger partial charge on any atom is -0.494 e. The molecule has 1 aromatic carbocycles. The second-order valence-electron chi connectivity index (χ2n) is 4.09. The van der Waals surface area contributed by atoms with Crippen molar-refractivity contribution in [2.75, 3.05) is 19.0 Å².